The highest BCUT2D eigenvalue weighted by molar-refractivity contribution is 4.88. The first-order valence-electron chi connectivity index (χ1n) is 3.16. The monoisotopic (exact) mass is 125 g/mol. The molecule has 0 amide bonds. The summed E-state index contributed by atoms with van der Waals surface area (Å²) in [6.45, 7) is 2.92. The van der Waals surface area contributed by atoms with E-state index in [9.17, 15) is 0 Å². The first kappa shape index (κ1) is 6.37. The van der Waals surface area contributed by atoms with E-state index in [-0.39, 0.29) is 0 Å². The van der Waals surface area contributed by atoms with E-state index < -0.39 is 0 Å². The van der Waals surface area contributed by atoms with E-state index >= 15 is 0 Å². The maximum Gasteiger partial charge on any atom is 0.179 e. The molecule has 0 atom stereocenters. The second kappa shape index (κ2) is 2.70. The quantitative estimate of drug-likeness (QED) is 0.511. The Hall–Kier alpha value is -0.750. The summed E-state index contributed by atoms with van der Waals surface area (Å²) in [6.07, 6.45) is 2.10. The minimum absolute atomic E-state index is 0.703. The van der Waals surface area contributed by atoms with Crippen LogP contribution in [-0.2, 0) is 0 Å². The van der Waals surface area contributed by atoms with Crippen molar-refractivity contribution in [1.82, 2.24) is 10.2 Å². The molecule has 0 aromatic heterocycles. The SMILES string of the molecule is CNCC1CN(C#N)C1. The van der Waals surface area contributed by atoms with Crippen LogP contribution in [0.2, 0.25) is 0 Å². The van der Waals surface area contributed by atoms with Crippen LogP contribution in [0.15, 0.2) is 0 Å². The fourth-order valence-electron chi connectivity index (χ4n) is 1.07. The van der Waals surface area contributed by atoms with Crippen molar-refractivity contribution in [2.24, 2.45) is 5.92 Å². The Kier molecular flexibility index (Phi) is 1.91. The van der Waals surface area contributed by atoms with Gasteiger partial charge >= 0.3 is 0 Å². The Morgan fingerprint density at radius 3 is 2.89 bits per heavy atom. The minimum atomic E-state index is 0.703. The molecule has 0 aromatic carbocycles. The Morgan fingerprint density at radius 1 is 1.78 bits per heavy atom. The molecule has 1 rings (SSSR count). The number of likely N-dealkylation sites (tertiary alicyclic amines) is 1. The first-order chi connectivity index (χ1) is 4.36. The van der Waals surface area contributed by atoms with Gasteiger partial charge in [-0.15, -0.1) is 0 Å². The molecule has 1 saturated heterocycles. The van der Waals surface area contributed by atoms with Crippen molar-refractivity contribution in [1.29, 1.82) is 5.26 Å². The third kappa shape index (κ3) is 1.33. The Bertz CT molecular complexity index is 121. The van der Waals surface area contributed by atoms with Gasteiger partial charge in [0, 0.05) is 25.6 Å². The van der Waals surface area contributed by atoms with E-state index in [1.54, 1.807) is 4.90 Å². The van der Waals surface area contributed by atoms with Gasteiger partial charge in [0.1, 0.15) is 0 Å². The average Bonchev–Trinajstić information content (AvgIpc) is 1.77. The zero-order valence-corrected chi connectivity index (χ0v) is 5.59. The van der Waals surface area contributed by atoms with Crippen LogP contribution >= 0.6 is 0 Å². The molecule has 0 radical (unpaired) electrons. The highest BCUT2D eigenvalue weighted by atomic mass is 15.2. The number of nitriles is 1. The molecule has 1 heterocycles. The second-order valence-electron chi connectivity index (χ2n) is 2.43. The summed E-state index contributed by atoms with van der Waals surface area (Å²) < 4.78 is 0. The molecule has 0 bridgehead atoms. The fraction of sp³-hybridized carbons (Fsp3) is 0.833. The highest BCUT2D eigenvalue weighted by Gasteiger charge is 2.24. The predicted octanol–water partition coefficient (Wildman–Crippen LogP) is -0.381. The van der Waals surface area contributed by atoms with Crippen LogP contribution in [0, 0.1) is 17.4 Å². The number of hydrogen-bond donors (Lipinski definition) is 1. The molecule has 0 spiro atoms. The van der Waals surface area contributed by atoms with Gasteiger partial charge in [-0.1, -0.05) is 0 Å². The zero-order valence-electron chi connectivity index (χ0n) is 5.59. The van der Waals surface area contributed by atoms with Crippen molar-refractivity contribution < 1.29 is 0 Å². The van der Waals surface area contributed by atoms with E-state index in [1.807, 2.05) is 7.05 Å². The molecule has 0 aromatic rings. The zero-order chi connectivity index (χ0) is 6.69. The molecule has 3 nitrogen and oxygen atoms in total. The number of nitrogens with one attached hydrogen (secondary N) is 1. The van der Waals surface area contributed by atoms with E-state index in [2.05, 4.69) is 11.5 Å². The normalized spacial score (nSPS) is 18.9. The molecule has 0 aliphatic carbocycles. The van der Waals surface area contributed by atoms with Gasteiger partial charge in [-0.3, -0.25) is 0 Å². The first-order valence-corrected chi connectivity index (χ1v) is 3.16. The van der Waals surface area contributed by atoms with Gasteiger partial charge in [-0.05, 0) is 7.05 Å². The maximum absolute atomic E-state index is 8.33. The number of nitrogens with zero attached hydrogens (tertiary/aromatic N) is 2. The van der Waals surface area contributed by atoms with Gasteiger partial charge in [0.05, 0.1) is 0 Å². The lowest BCUT2D eigenvalue weighted by Gasteiger charge is -2.34. The summed E-state index contributed by atoms with van der Waals surface area (Å²) in [4.78, 5) is 1.77. The van der Waals surface area contributed by atoms with Gasteiger partial charge < -0.3 is 10.2 Å². The third-order valence-electron chi connectivity index (χ3n) is 1.59. The van der Waals surface area contributed by atoms with Crippen molar-refractivity contribution >= 4 is 0 Å². The smallest absolute Gasteiger partial charge is 0.179 e. The Balaban J connectivity index is 2.06. The van der Waals surface area contributed by atoms with E-state index in [4.69, 9.17) is 5.26 Å². The largest absolute Gasteiger partial charge is 0.319 e. The summed E-state index contributed by atoms with van der Waals surface area (Å²) in [7, 11) is 1.94. The van der Waals surface area contributed by atoms with E-state index in [1.165, 1.54) is 0 Å². The van der Waals surface area contributed by atoms with Crippen LogP contribution in [0.1, 0.15) is 0 Å². The van der Waals surface area contributed by atoms with Crippen molar-refractivity contribution in [3.63, 3.8) is 0 Å². The van der Waals surface area contributed by atoms with Crippen molar-refractivity contribution in [2.45, 2.75) is 0 Å². The van der Waals surface area contributed by atoms with Gasteiger partial charge in [0.25, 0.3) is 0 Å². The highest BCUT2D eigenvalue weighted by Crippen LogP contribution is 2.11. The predicted molar refractivity (Wildman–Crippen MR) is 34.6 cm³/mol. The molecule has 3 heteroatoms. The Labute approximate surface area is 55.3 Å². The van der Waals surface area contributed by atoms with Crippen LogP contribution in [-0.4, -0.2) is 31.6 Å². The summed E-state index contributed by atoms with van der Waals surface area (Å²) in [6, 6.07) is 0. The standard InChI is InChI=1S/C6H11N3/c1-8-2-6-3-9(4-6)5-7/h6,8H,2-4H2,1H3. The summed E-state index contributed by atoms with van der Waals surface area (Å²) in [5.74, 6) is 0.703. The second-order valence-corrected chi connectivity index (χ2v) is 2.43. The van der Waals surface area contributed by atoms with Crippen molar-refractivity contribution in [3.8, 4) is 6.19 Å². The molecule has 0 saturated carbocycles. The van der Waals surface area contributed by atoms with E-state index in [0.717, 1.165) is 19.6 Å². The van der Waals surface area contributed by atoms with E-state index in [0.29, 0.717) is 5.92 Å². The number of rotatable bonds is 2. The lowest BCUT2D eigenvalue weighted by atomic mass is 10.0. The van der Waals surface area contributed by atoms with Crippen molar-refractivity contribution in [2.75, 3.05) is 26.7 Å². The minimum Gasteiger partial charge on any atom is -0.319 e. The summed E-state index contributed by atoms with van der Waals surface area (Å²) >= 11 is 0. The van der Waals surface area contributed by atoms with Gasteiger partial charge in [0.2, 0.25) is 0 Å². The molecule has 0 unspecified atom stereocenters. The molecule has 1 fully saturated rings. The average molecular weight is 125 g/mol. The molecule has 1 N–H and O–H groups in total. The van der Waals surface area contributed by atoms with Gasteiger partial charge in [-0.25, -0.2) is 0 Å². The molecule has 1 aliphatic heterocycles. The van der Waals surface area contributed by atoms with Crippen LogP contribution in [0.5, 0.6) is 0 Å². The summed E-state index contributed by atoms with van der Waals surface area (Å²) in [5.41, 5.74) is 0. The lowest BCUT2D eigenvalue weighted by molar-refractivity contribution is 0.170. The maximum atomic E-state index is 8.33. The fourth-order valence-corrected chi connectivity index (χ4v) is 1.07. The van der Waals surface area contributed by atoms with Crippen molar-refractivity contribution in [3.05, 3.63) is 0 Å². The third-order valence-corrected chi connectivity index (χ3v) is 1.59. The number of hydrogen-bond acceptors (Lipinski definition) is 3. The van der Waals surface area contributed by atoms with Gasteiger partial charge in [0.15, 0.2) is 6.19 Å². The molecular formula is C6H11N3. The topological polar surface area (TPSA) is 39.1 Å². The van der Waals surface area contributed by atoms with Crippen LogP contribution in [0.3, 0.4) is 0 Å². The van der Waals surface area contributed by atoms with Crippen LogP contribution in [0.25, 0.3) is 0 Å². The molecular weight excluding hydrogens is 114 g/mol. The van der Waals surface area contributed by atoms with Gasteiger partial charge in [-0.2, -0.15) is 5.26 Å². The van der Waals surface area contributed by atoms with Crippen LogP contribution in [0.4, 0.5) is 0 Å². The Morgan fingerprint density at radius 2 is 2.44 bits per heavy atom. The van der Waals surface area contributed by atoms with Crippen LogP contribution < -0.4 is 5.32 Å². The lowest BCUT2D eigenvalue weighted by Crippen LogP contribution is -2.47. The summed E-state index contributed by atoms with van der Waals surface area (Å²) in [5, 5.41) is 11.4. The molecule has 1 aliphatic rings. The molecule has 9 heavy (non-hydrogen) atoms. The molecule has 50 valence electrons.